The summed E-state index contributed by atoms with van der Waals surface area (Å²) in [4.78, 5) is 0. The normalized spacial score (nSPS) is 36.0. The number of allylic oxidation sites excluding steroid dienone is 1. The Balaban J connectivity index is 2.80. The molecule has 0 aliphatic heterocycles. The average Bonchev–Trinajstić information content (AvgIpc) is 2.00. The second kappa shape index (κ2) is 3.42. The number of hydrogen-bond acceptors (Lipinski definition) is 2. The highest BCUT2D eigenvalue weighted by Crippen LogP contribution is 2.28. The van der Waals surface area contributed by atoms with Gasteiger partial charge in [-0.25, -0.2) is 0 Å². The van der Waals surface area contributed by atoms with Crippen molar-refractivity contribution in [2.24, 2.45) is 5.92 Å². The predicted molar refractivity (Wildman–Crippen MR) is 48.7 cm³/mol. The van der Waals surface area contributed by atoms with Gasteiger partial charge in [-0.15, -0.1) is 0 Å². The van der Waals surface area contributed by atoms with Crippen LogP contribution >= 0.6 is 0 Å². The zero-order chi connectivity index (χ0) is 9.30. The van der Waals surface area contributed by atoms with E-state index < -0.39 is 12.2 Å². The fraction of sp³-hybridized carbons (Fsp3) is 0.600. The minimum Gasteiger partial charge on any atom is -0.389 e. The van der Waals surface area contributed by atoms with Crippen LogP contribution in [0, 0.1) is 5.92 Å². The zero-order valence-electron chi connectivity index (χ0n) is 7.62. The van der Waals surface area contributed by atoms with E-state index in [1.165, 1.54) is 0 Å². The SMILES string of the molecule is C=C(C)[C@@H]1CC=C(C)[C@H](O)[C@@H]1O. The maximum atomic E-state index is 9.63. The summed E-state index contributed by atoms with van der Waals surface area (Å²) in [6, 6.07) is 0. The highest BCUT2D eigenvalue weighted by atomic mass is 16.3. The van der Waals surface area contributed by atoms with Crippen LogP contribution in [0.1, 0.15) is 20.3 Å². The van der Waals surface area contributed by atoms with Crippen molar-refractivity contribution in [3.05, 3.63) is 23.8 Å². The van der Waals surface area contributed by atoms with Gasteiger partial charge >= 0.3 is 0 Å². The summed E-state index contributed by atoms with van der Waals surface area (Å²) in [7, 11) is 0. The van der Waals surface area contributed by atoms with Gasteiger partial charge in [0.15, 0.2) is 0 Å². The molecule has 0 aromatic carbocycles. The summed E-state index contributed by atoms with van der Waals surface area (Å²) in [5, 5.41) is 19.1. The zero-order valence-corrected chi connectivity index (χ0v) is 7.62. The maximum Gasteiger partial charge on any atom is 0.101 e. The molecule has 0 fully saturated rings. The van der Waals surface area contributed by atoms with E-state index in [9.17, 15) is 10.2 Å². The molecule has 1 rings (SSSR count). The van der Waals surface area contributed by atoms with E-state index in [-0.39, 0.29) is 5.92 Å². The summed E-state index contributed by atoms with van der Waals surface area (Å²) in [5.41, 5.74) is 1.80. The monoisotopic (exact) mass is 168 g/mol. The minimum atomic E-state index is -0.708. The molecule has 68 valence electrons. The van der Waals surface area contributed by atoms with Crippen molar-refractivity contribution in [3.63, 3.8) is 0 Å². The first-order chi connectivity index (χ1) is 5.54. The topological polar surface area (TPSA) is 40.5 Å². The molecule has 1 aliphatic carbocycles. The van der Waals surface area contributed by atoms with Gasteiger partial charge in [0.25, 0.3) is 0 Å². The second-order valence-electron chi connectivity index (χ2n) is 3.57. The lowest BCUT2D eigenvalue weighted by atomic mass is 9.82. The molecule has 2 N–H and O–H groups in total. The summed E-state index contributed by atoms with van der Waals surface area (Å²) in [5.74, 6) is 0.0173. The molecule has 0 saturated heterocycles. The Kier molecular flexibility index (Phi) is 2.70. The Morgan fingerprint density at radius 2 is 2.17 bits per heavy atom. The highest BCUT2D eigenvalue weighted by Gasteiger charge is 2.30. The largest absolute Gasteiger partial charge is 0.389 e. The van der Waals surface area contributed by atoms with E-state index in [4.69, 9.17) is 0 Å². The third kappa shape index (κ3) is 1.59. The molecule has 3 atom stereocenters. The Morgan fingerprint density at radius 3 is 2.67 bits per heavy atom. The third-order valence-electron chi connectivity index (χ3n) is 2.53. The van der Waals surface area contributed by atoms with Gasteiger partial charge in [-0.3, -0.25) is 0 Å². The molecule has 0 aromatic heterocycles. The van der Waals surface area contributed by atoms with Gasteiger partial charge in [0.2, 0.25) is 0 Å². The lowest BCUT2D eigenvalue weighted by Crippen LogP contribution is -2.37. The summed E-state index contributed by atoms with van der Waals surface area (Å²) in [6.45, 7) is 7.51. The summed E-state index contributed by atoms with van der Waals surface area (Å²) in [6.07, 6.45) is 1.38. The van der Waals surface area contributed by atoms with Crippen LogP contribution in [-0.4, -0.2) is 22.4 Å². The number of rotatable bonds is 1. The first-order valence-electron chi connectivity index (χ1n) is 4.22. The molecule has 2 heteroatoms. The maximum absolute atomic E-state index is 9.63. The molecule has 0 heterocycles. The molecule has 0 spiro atoms. The first-order valence-corrected chi connectivity index (χ1v) is 4.22. The fourth-order valence-corrected chi connectivity index (χ4v) is 1.56. The van der Waals surface area contributed by atoms with Crippen LogP contribution in [0.3, 0.4) is 0 Å². The van der Waals surface area contributed by atoms with Gasteiger partial charge < -0.3 is 10.2 Å². The van der Waals surface area contributed by atoms with Crippen molar-refractivity contribution in [1.29, 1.82) is 0 Å². The Hall–Kier alpha value is -0.600. The van der Waals surface area contributed by atoms with Crippen LogP contribution in [-0.2, 0) is 0 Å². The Labute approximate surface area is 73.2 Å². The van der Waals surface area contributed by atoms with E-state index in [0.717, 1.165) is 17.6 Å². The van der Waals surface area contributed by atoms with E-state index in [1.807, 2.05) is 19.9 Å². The Morgan fingerprint density at radius 1 is 1.58 bits per heavy atom. The van der Waals surface area contributed by atoms with Gasteiger partial charge in [-0.1, -0.05) is 18.2 Å². The molecule has 0 bridgehead atoms. The molecular weight excluding hydrogens is 152 g/mol. The van der Waals surface area contributed by atoms with Crippen molar-refractivity contribution in [1.82, 2.24) is 0 Å². The number of aliphatic hydroxyl groups excluding tert-OH is 2. The second-order valence-corrected chi connectivity index (χ2v) is 3.57. The lowest BCUT2D eigenvalue weighted by Gasteiger charge is -2.31. The van der Waals surface area contributed by atoms with Crippen LogP contribution in [0.2, 0.25) is 0 Å². The molecule has 0 radical (unpaired) electrons. The number of aliphatic hydroxyl groups is 2. The van der Waals surface area contributed by atoms with Crippen molar-refractivity contribution in [2.75, 3.05) is 0 Å². The molecule has 2 nitrogen and oxygen atoms in total. The van der Waals surface area contributed by atoms with Gasteiger partial charge in [0, 0.05) is 5.92 Å². The van der Waals surface area contributed by atoms with Crippen molar-refractivity contribution in [3.8, 4) is 0 Å². The molecular formula is C10H16O2. The molecule has 1 aliphatic rings. The standard InChI is InChI=1S/C10H16O2/c1-6(2)8-5-4-7(3)9(11)10(8)12/h4,8-12H,1,5H2,2-3H3/t8-,9-,10+/m0/s1. The predicted octanol–water partition coefficient (Wildman–Crippen LogP) is 1.25. The van der Waals surface area contributed by atoms with E-state index >= 15 is 0 Å². The van der Waals surface area contributed by atoms with Crippen LogP contribution in [0.4, 0.5) is 0 Å². The van der Waals surface area contributed by atoms with Gasteiger partial charge in [-0.05, 0) is 25.8 Å². The molecule has 12 heavy (non-hydrogen) atoms. The molecule has 0 unspecified atom stereocenters. The van der Waals surface area contributed by atoms with Crippen molar-refractivity contribution >= 4 is 0 Å². The minimum absolute atomic E-state index is 0.0173. The van der Waals surface area contributed by atoms with E-state index in [2.05, 4.69) is 6.58 Å². The van der Waals surface area contributed by atoms with Crippen LogP contribution in [0.25, 0.3) is 0 Å². The van der Waals surface area contributed by atoms with Gasteiger partial charge in [-0.2, -0.15) is 0 Å². The smallest absolute Gasteiger partial charge is 0.101 e. The average molecular weight is 168 g/mol. The molecule has 0 saturated carbocycles. The Bertz CT molecular complexity index is 218. The van der Waals surface area contributed by atoms with Crippen molar-refractivity contribution in [2.45, 2.75) is 32.5 Å². The third-order valence-corrected chi connectivity index (χ3v) is 2.53. The molecule has 0 aromatic rings. The fourth-order valence-electron chi connectivity index (χ4n) is 1.56. The van der Waals surface area contributed by atoms with E-state index in [1.54, 1.807) is 0 Å². The van der Waals surface area contributed by atoms with Crippen LogP contribution < -0.4 is 0 Å². The van der Waals surface area contributed by atoms with Crippen LogP contribution in [0.15, 0.2) is 23.8 Å². The number of hydrogen-bond donors (Lipinski definition) is 2. The van der Waals surface area contributed by atoms with Gasteiger partial charge in [0.1, 0.15) is 6.10 Å². The first kappa shape index (κ1) is 9.49. The van der Waals surface area contributed by atoms with Gasteiger partial charge in [0.05, 0.1) is 6.10 Å². The lowest BCUT2D eigenvalue weighted by molar-refractivity contribution is 0.00618. The summed E-state index contributed by atoms with van der Waals surface area (Å²) >= 11 is 0. The quantitative estimate of drug-likeness (QED) is 0.578. The molecule has 0 amide bonds. The van der Waals surface area contributed by atoms with Crippen molar-refractivity contribution < 1.29 is 10.2 Å². The van der Waals surface area contributed by atoms with Crippen LogP contribution in [0.5, 0.6) is 0 Å². The highest BCUT2D eigenvalue weighted by molar-refractivity contribution is 5.18. The summed E-state index contributed by atoms with van der Waals surface area (Å²) < 4.78 is 0. The van der Waals surface area contributed by atoms with E-state index in [0.29, 0.717) is 0 Å².